The summed E-state index contributed by atoms with van der Waals surface area (Å²) in [6.07, 6.45) is 7.15. The molecule has 2 rings (SSSR count). The molecule has 100 valence electrons. The van der Waals surface area contributed by atoms with Gasteiger partial charge in [-0.2, -0.15) is 0 Å². The highest BCUT2D eigenvalue weighted by Gasteiger charge is 2.23. The third-order valence-electron chi connectivity index (χ3n) is 4.96. The molecule has 0 unspecified atom stereocenters. The summed E-state index contributed by atoms with van der Waals surface area (Å²) in [5, 5.41) is 0. The van der Waals surface area contributed by atoms with Crippen LogP contribution in [-0.4, -0.2) is 49.1 Å². The van der Waals surface area contributed by atoms with E-state index in [1.165, 1.54) is 71.4 Å². The molecule has 0 radical (unpaired) electrons. The van der Waals surface area contributed by atoms with Crippen molar-refractivity contribution >= 4 is 0 Å². The van der Waals surface area contributed by atoms with Crippen molar-refractivity contribution in [3.8, 4) is 0 Å². The fraction of sp³-hybridized carbons (Fsp3) is 1.00. The Kier molecular flexibility index (Phi) is 5.30. The Labute approximate surface area is 107 Å². The maximum atomic E-state index is 2.73. The molecule has 2 aliphatic heterocycles. The Morgan fingerprint density at radius 3 is 1.82 bits per heavy atom. The van der Waals surface area contributed by atoms with Crippen LogP contribution in [0.4, 0.5) is 0 Å². The van der Waals surface area contributed by atoms with E-state index in [4.69, 9.17) is 0 Å². The van der Waals surface area contributed by atoms with E-state index in [9.17, 15) is 0 Å². The van der Waals surface area contributed by atoms with E-state index in [-0.39, 0.29) is 0 Å². The molecule has 2 heterocycles. The smallest absolute Gasteiger partial charge is 0.00106 e. The van der Waals surface area contributed by atoms with Gasteiger partial charge in [0, 0.05) is 6.54 Å². The normalized spacial score (nSPS) is 26.5. The highest BCUT2D eigenvalue weighted by molar-refractivity contribution is 4.77. The van der Waals surface area contributed by atoms with Crippen LogP contribution in [0.3, 0.4) is 0 Å². The zero-order valence-corrected chi connectivity index (χ0v) is 11.8. The third-order valence-corrected chi connectivity index (χ3v) is 4.96. The van der Waals surface area contributed by atoms with E-state index in [0.29, 0.717) is 0 Å². The molecule has 2 nitrogen and oxygen atoms in total. The second-order valence-electron chi connectivity index (χ2n) is 6.03. The van der Waals surface area contributed by atoms with E-state index < -0.39 is 0 Å². The predicted octanol–water partition coefficient (Wildman–Crippen LogP) is 2.84. The molecule has 2 fully saturated rings. The van der Waals surface area contributed by atoms with Crippen molar-refractivity contribution in [1.82, 2.24) is 9.80 Å². The van der Waals surface area contributed by atoms with Crippen LogP contribution in [0.1, 0.15) is 46.0 Å². The first-order chi connectivity index (χ1) is 8.31. The molecule has 2 saturated heterocycles. The summed E-state index contributed by atoms with van der Waals surface area (Å²) in [6.45, 7) is 12.7. The van der Waals surface area contributed by atoms with Gasteiger partial charge in [0.25, 0.3) is 0 Å². The maximum absolute atomic E-state index is 2.73. The van der Waals surface area contributed by atoms with Crippen LogP contribution in [0, 0.1) is 11.8 Å². The Hall–Kier alpha value is -0.0800. The maximum Gasteiger partial charge on any atom is 0.00106 e. The number of hydrogen-bond donors (Lipinski definition) is 0. The Morgan fingerprint density at radius 2 is 1.29 bits per heavy atom. The van der Waals surface area contributed by atoms with Gasteiger partial charge in [0.1, 0.15) is 0 Å². The Morgan fingerprint density at radius 1 is 0.765 bits per heavy atom. The van der Waals surface area contributed by atoms with Gasteiger partial charge in [-0.05, 0) is 70.2 Å². The van der Waals surface area contributed by atoms with Crippen LogP contribution in [-0.2, 0) is 0 Å². The summed E-state index contributed by atoms with van der Waals surface area (Å²) in [5.74, 6) is 2.00. The van der Waals surface area contributed by atoms with Crippen LogP contribution in [0.2, 0.25) is 0 Å². The van der Waals surface area contributed by atoms with Crippen LogP contribution < -0.4 is 0 Å². The van der Waals surface area contributed by atoms with Crippen LogP contribution in [0.5, 0.6) is 0 Å². The Bertz CT molecular complexity index is 179. The number of hydrogen-bond acceptors (Lipinski definition) is 2. The first-order valence-corrected chi connectivity index (χ1v) is 7.76. The van der Waals surface area contributed by atoms with Crippen molar-refractivity contribution in [2.45, 2.75) is 46.0 Å². The van der Waals surface area contributed by atoms with Crippen LogP contribution in [0.25, 0.3) is 0 Å². The van der Waals surface area contributed by atoms with Crippen molar-refractivity contribution in [3.63, 3.8) is 0 Å². The second kappa shape index (κ2) is 6.75. The molecule has 2 heteroatoms. The first kappa shape index (κ1) is 13.4. The molecule has 0 spiro atoms. The van der Waals surface area contributed by atoms with Gasteiger partial charge >= 0.3 is 0 Å². The SMILES string of the molecule is CCC1CCN(CC2CCN(CC)CC2)CC1. The topological polar surface area (TPSA) is 6.48 Å². The summed E-state index contributed by atoms with van der Waals surface area (Å²) in [5.41, 5.74) is 0. The molecular weight excluding hydrogens is 208 g/mol. The average Bonchev–Trinajstić information content (AvgIpc) is 2.40. The van der Waals surface area contributed by atoms with Gasteiger partial charge < -0.3 is 9.80 Å². The summed E-state index contributed by atoms with van der Waals surface area (Å²) in [6, 6.07) is 0. The lowest BCUT2D eigenvalue weighted by Crippen LogP contribution is -2.41. The van der Waals surface area contributed by atoms with E-state index in [1.807, 2.05) is 0 Å². The third kappa shape index (κ3) is 3.96. The number of nitrogens with zero attached hydrogens (tertiary/aromatic N) is 2. The predicted molar refractivity (Wildman–Crippen MR) is 74.3 cm³/mol. The van der Waals surface area contributed by atoms with Crippen molar-refractivity contribution in [3.05, 3.63) is 0 Å². The molecule has 0 aromatic carbocycles. The van der Waals surface area contributed by atoms with Gasteiger partial charge in [-0.1, -0.05) is 20.3 Å². The van der Waals surface area contributed by atoms with Crippen LogP contribution >= 0.6 is 0 Å². The zero-order chi connectivity index (χ0) is 12.1. The number of rotatable bonds is 4. The van der Waals surface area contributed by atoms with Crippen molar-refractivity contribution in [1.29, 1.82) is 0 Å². The lowest BCUT2D eigenvalue weighted by atomic mass is 9.91. The molecule has 0 saturated carbocycles. The average molecular weight is 238 g/mol. The fourth-order valence-corrected chi connectivity index (χ4v) is 3.43. The molecule has 0 amide bonds. The summed E-state index contributed by atoms with van der Waals surface area (Å²) in [7, 11) is 0. The molecular formula is C15H30N2. The van der Waals surface area contributed by atoms with E-state index in [0.717, 1.165) is 11.8 Å². The highest BCUT2D eigenvalue weighted by Crippen LogP contribution is 2.23. The largest absolute Gasteiger partial charge is 0.304 e. The minimum atomic E-state index is 0.982. The summed E-state index contributed by atoms with van der Waals surface area (Å²) >= 11 is 0. The molecule has 0 N–H and O–H groups in total. The number of piperidine rings is 2. The first-order valence-electron chi connectivity index (χ1n) is 7.76. The minimum Gasteiger partial charge on any atom is -0.304 e. The van der Waals surface area contributed by atoms with E-state index in [2.05, 4.69) is 23.6 Å². The van der Waals surface area contributed by atoms with E-state index >= 15 is 0 Å². The number of likely N-dealkylation sites (tertiary alicyclic amines) is 2. The summed E-state index contributed by atoms with van der Waals surface area (Å²) < 4.78 is 0. The van der Waals surface area contributed by atoms with Gasteiger partial charge in [-0.3, -0.25) is 0 Å². The van der Waals surface area contributed by atoms with Crippen molar-refractivity contribution in [2.75, 3.05) is 39.3 Å². The van der Waals surface area contributed by atoms with E-state index in [1.54, 1.807) is 0 Å². The molecule has 0 aliphatic carbocycles. The monoisotopic (exact) mass is 238 g/mol. The summed E-state index contributed by atoms with van der Waals surface area (Å²) in [4.78, 5) is 5.33. The minimum absolute atomic E-state index is 0.982. The Balaban J connectivity index is 1.65. The highest BCUT2D eigenvalue weighted by atomic mass is 15.1. The molecule has 17 heavy (non-hydrogen) atoms. The van der Waals surface area contributed by atoms with Gasteiger partial charge in [0.2, 0.25) is 0 Å². The van der Waals surface area contributed by atoms with Gasteiger partial charge in [-0.25, -0.2) is 0 Å². The molecule has 0 aromatic heterocycles. The van der Waals surface area contributed by atoms with Gasteiger partial charge in [-0.15, -0.1) is 0 Å². The molecule has 0 aromatic rings. The second-order valence-corrected chi connectivity index (χ2v) is 6.03. The molecule has 2 aliphatic rings. The van der Waals surface area contributed by atoms with Crippen molar-refractivity contribution in [2.24, 2.45) is 11.8 Å². The quantitative estimate of drug-likeness (QED) is 0.743. The van der Waals surface area contributed by atoms with Crippen molar-refractivity contribution < 1.29 is 0 Å². The van der Waals surface area contributed by atoms with Gasteiger partial charge in [0.15, 0.2) is 0 Å². The fourth-order valence-electron chi connectivity index (χ4n) is 3.43. The zero-order valence-electron chi connectivity index (χ0n) is 11.8. The van der Waals surface area contributed by atoms with Crippen LogP contribution in [0.15, 0.2) is 0 Å². The standard InChI is InChI=1S/C15H30N2/c1-3-14-5-11-17(12-6-14)13-15-7-9-16(4-2)10-8-15/h14-15H,3-13H2,1-2H3. The van der Waals surface area contributed by atoms with Gasteiger partial charge in [0.05, 0.1) is 0 Å². The lowest BCUT2D eigenvalue weighted by Gasteiger charge is -2.37. The lowest BCUT2D eigenvalue weighted by molar-refractivity contribution is 0.119. The molecule has 0 atom stereocenters. The molecule has 0 bridgehead atoms.